The molecule has 0 spiro atoms. The maximum atomic E-state index is 9.43. The molecule has 1 unspecified atom stereocenters. The molecule has 0 aromatic carbocycles. The lowest BCUT2D eigenvalue weighted by molar-refractivity contribution is -0.0377. The minimum atomic E-state index is -0.202. The summed E-state index contributed by atoms with van der Waals surface area (Å²) in [5.41, 5.74) is -0.303. The summed E-state index contributed by atoms with van der Waals surface area (Å²) < 4.78 is 11.1. The van der Waals surface area contributed by atoms with Crippen molar-refractivity contribution in [3.05, 3.63) is 0 Å². The van der Waals surface area contributed by atoms with E-state index in [0.29, 0.717) is 25.9 Å². The minimum Gasteiger partial charge on any atom is -0.394 e. The Kier molecular flexibility index (Phi) is 6.05. The molecule has 1 aliphatic carbocycles. The van der Waals surface area contributed by atoms with E-state index in [0.717, 1.165) is 6.42 Å². The molecule has 1 saturated carbocycles. The van der Waals surface area contributed by atoms with Crippen molar-refractivity contribution in [2.45, 2.75) is 64.1 Å². The van der Waals surface area contributed by atoms with Gasteiger partial charge in [-0.15, -0.1) is 0 Å². The number of aliphatic hydroxyl groups is 1. The third kappa shape index (κ3) is 7.31. The molecule has 4 heteroatoms. The fourth-order valence-corrected chi connectivity index (χ4v) is 1.72. The normalized spacial score (nSPS) is 19.8. The van der Waals surface area contributed by atoms with Crippen LogP contribution in [0.3, 0.4) is 0 Å². The summed E-state index contributed by atoms with van der Waals surface area (Å²) in [6.07, 6.45) is 3.29. The first-order valence-electron chi connectivity index (χ1n) is 6.95. The monoisotopic (exact) mass is 259 g/mol. The Labute approximate surface area is 111 Å². The number of hydrogen-bond donors (Lipinski definition) is 2. The quantitative estimate of drug-likeness (QED) is 0.619. The minimum absolute atomic E-state index is 0.101. The van der Waals surface area contributed by atoms with Crippen LogP contribution in [-0.4, -0.2) is 48.7 Å². The van der Waals surface area contributed by atoms with Crippen molar-refractivity contribution in [2.24, 2.45) is 0 Å². The molecule has 1 aliphatic rings. The molecular weight excluding hydrogens is 230 g/mol. The summed E-state index contributed by atoms with van der Waals surface area (Å²) in [6.45, 7) is 10.2. The Morgan fingerprint density at radius 2 is 1.78 bits per heavy atom. The number of nitrogens with one attached hydrogen (secondary N) is 1. The highest BCUT2D eigenvalue weighted by Gasteiger charge is 2.31. The van der Waals surface area contributed by atoms with E-state index in [4.69, 9.17) is 9.47 Å². The summed E-state index contributed by atoms with van der Waals surface area (Å²) in [5.74, 6) is 0. The third-order valence-corrected chi connectivity index (χ3v) is 3.04. The average Bonchev–Trinajstić information content (AvgIpc) is 3.05. The van der Waals surface area contributed by atoms with E-state index >= 15 is 0 Å². The fraction of sp³-hybridized carbons (Fsp3) is 1.00. The van der Waals surface area contributed by atoms with Gasteiger partial charge in [-0.3, -0.25) is 0 Å². The standard InChI is InChI=1S/C14H29NO3/c1-13(2,3)18-10-9-17-8-7-14(4,11-16)15-12-5-6-12/h12,15-16H,5-11H2,1-4H3. The highest BCUT2D eigenvalue weighted by atomic mass is 16.5. The van der Waals surface area contributed by atoms with Gasteiger partial charge in [0.25, 0.3) is 0 Å². The second-order valence-electron chi connectivity index (χ2n) is 6.46. The lowest BCUT2D eigenvalue weighted by Gasteiger charge is -2.29. The first-order chi connectivity index (χ1) is 8.35. The van der Waals surface area contributed by atoms with Crippen molar-refractivity contribution in [3.63, 3.8) is 0 Å². The Morgan fingerprint density at radius 1 is 1.11 bits per heavy atom. The smallest absolute Gasteiger partial charge is 0.0707 e. The van der Waals surface area contributed by atoms with Crippen molar-refractivity contribution < 1.29 is 14.6 Å². The van der Waals surface area contributed by atoms with Gasteiger partial charge in [-0.05, 0) is 47.0 Å². The lowest BCUT2D eigenvalue weighted by Crippen LogP contribution is -2.47. The zero-order chi connectivity index (χ0) is 13.6. The van der Waals surface area contributed by atoms with Crippen LogP contribution in [0.1, 0.15) is 47.0 Å². The van der Waals surface area contributed by atoms with Crippen LogP contribution >= 0.6 is 0 Å². The molecule has 0 radical (unpaired) electrons. The van der Waals surface area contributed by atoms with Crippen LogP contribution in [0, 0.1) is 0 Å². The van der Waals surface area contributed by atoms with E-state index in [1.54, 1.807) is 0 Å². The van der Waals surface area contributed by atoms with Gasteiger partial charge in [0, 0.05) is 18.2 Å². The number of hydrogen-bond acceptors (Lipinski definition) is 4. The second kappa shape index (κ2) is 6.85. The molecule has 0 aromatic heterocycles. The summed E-state index contributed by atoms with van der Waals surface area (Å²) in [6, 6.07) is 0.603. The van der Waals surface area contributed by atoms with Crippen molar-refractivity contribution in [1.82, 2.24) is 5.32 Å². The number of rotatable bonds is 9. The summed E-state index contributed by atoms with van der Waals surface area (Å²) in [4.78, 5) is 0. The van der Waals surface area contributed by atoms with E-state index in [2.05, 4.69) is 12.2 Å². The second-order valence-corrected chi connectivity index (χ2v) is 6.46. The Hall–Kier alpha value is -0.160. The molecule has 1 fully saturated rings. The Bertz CT molecular complexity index is 236. The summed E-state index contributed by atoms with van der Waals surface area (Å²) in [5, 5.41) is 12.9. The SMILES string of the molecule is CC(CO)(CCOCCOC(C)(C)C)NC1CC1. The van der Waals surface area contributed by atoms with Crippen LogP contribution in [0.15, 0.2) is 0 Å². The van der Waals surface area contributed by atoms with Crippen LogP contribution in [0.4, 0.5) is 0 Å². The van der Waals surface area contributed by atoms with Crippen LogP contribution in [0.2, 0.25) is 0 Å². The molecule has 0 aliphatic heterocycles. The van der Waals surface area contributed by atoms with Crippen molar-refractivity contribution in [2.75, 3.05) is 26.4 Å². The third-order valence-electron chi connectivity index (χ3n) is 3.04. The molecule has 4 nitrogen and oxygen atoms in total. The molecule has 0 heterocycles. The molecule has 0 aromatic rings. The van der Waals surface area contributed by atoms with Gasteiger partial charge >= 0.3 is 0 Å². The highest BCUT2D eigenvalue weighted by molar-refractivity contribution is 4.92. The predicted molar refractivity (Wildman–Crippen MR) is 72.8 cm³/mol. The van der Waals surface area contributed by atoms with Crippen molar-refractivity contribution in [3.8, 4) is 0 Å². The number of aliphatic hydroxyl groups excluding tert-OH is 1. The topological polar surface area (TPSA) is 50.7 Å². The van der Waals surface area contributed by atoms with Crippen LogP contribution in [0.5, 0.6) is 0 Å². The largest absolute Gasteiger partial charge is 0.394 e. The molecule has 2 N–H and O–H groups in total. The van der Waals surface area contributed by atoms with Gasteiger partial charge in [0.05, 0.1) is 25.4 Å². The zero-order valence-corrected chi connectivity index (χ0v) is 12.3. The van der Waals surface area contributed by atoms with Crippen molar-refractivity contribution in [1.29, 1.82) is 0 Å². The number of ether oxygens (including phenoxy) is 2. The Morgan fingerprint density at radius 3 is 2.28 bits per heavy atom. The van der Waals surface area contributed by atoms with Crippen LogP contribution < -0.4 is 5.32 Å². The molecular formula is C14H29NO3. The zero-order valence-electron chi connectivity index (χ0n) is 12.3. The van der Waals surface area contributed by atoms with Gasteiger partial charge in [0.15, 0.2) is 0 Å². The van der Waals surface area contributed by atoms with Gasteiger partial charge in [-0.25, -0.2) is 0 Å². The summed E-state index contributed by atoms with van der Waals surface area (Å²) in [7, 11) is 0. The molecule has 0 bridgehead atoms. The van der Waals surface area contributed by atoms with Crippen LogP contribution in [-0.2, 0) is 9.47 Å². The first kappa shape index (κ1) is 15.9. The van der Waals surface area contributed by atoms with E-state index in [1.807, 2.05) is 20.8 Å². The Balaban J connectivity index is 2.04. The van der Waals surface area contributed by atoms with Gasteiger partial charge in [0.2, 0.25) is 0 Å². The average molecular weight is 259 g/mol. The van der Waals surface area contributed by atoms with Crippen LogP contribution in [0.25, 0.3) is 0 Å². The first-order valence-corrected chi connectivity index (χ1v) is 6.95. The predicted octanol–water partition coefficient (Wildman–Crippen LogP) is 1.71. The maximum Gasteiger partial charge on any atom is 0.0707 e. The van der Waals surface area contributed by atoms with Gasteiger partial charge in [-0.1, -0.05) is 0 Å². The van der Waals surface area contributed by atoms with Crippen molar-refractivity contribution >= 4 is 0 Å². The van der Waals surface area contributed by atoms with Gasteiger partial charge < -0.3 is 19.9 Å². The van der Waals surface area contributed by atoms with Gasteiger partial charge in [0.1, 0.15) is 0 Å². The molecule has 0 saturated heterocycles. The van der Waals surface area contributed by atoms with Gasteiger partial charge in [-0.2, -0.15) is 0 Å². The van der Waals surface area contributed by atoms with E-state index in [9.17, 15) is 5.11 Å². The molecule has 18 heavy (non-hydrogen) atoms. The molecule has 108 valence electrons. The molecule has 0 amide bonds. The summed E-state index contributed by atoms with van der Waals surface area (Å²) >= 11 is 0. The van der Waals surface area contributed by atoms with E-state index < -0.39 is 0 Å². The highest BCUT2D eigenvalue weighted by Crippen LogP contribution is 2.23. The maximum absolute atomic E-state index is 9.43. The molecule has 1 atom stereocenters. The lowest BCUT2D eigenvalue weighted by atomic mass is 9.99. The molecule has 1 rings (SSSR count). The fourth-order valence-electron chi connectivity index (χ4n) is 1.72. The van der Waals surface area contributed by atoms with E-state index in [-0.39, 0.29) is 17.7 Å². The van der Waals surface area contributed by atoms with E-state index in [1.165, 1.54) is 12.8 Å².